The number of likely N-dealkylation sites (tertiary alicyclic amines) is 1. The smallest absolute Gasteiger partial charge is 0.303 e. The molecule has 1 fully saturated rings. The van der Waals surface area contributed by atoms with Crippen molar-refractivity contribution in [3.63, 3.8) is 0 Å². The first-order chi connectivity index (χ1) is 9.60. The van der Waals surface area contributed by atoms with Gasteiger partial charge in [-0.25, -0.2) is 0 Å². The van der Waals surface area contributed by atoms with Crippen molar-refractivity contribution in [2.24, 2.45) is 5.92 Å². The molecule has 0 spiro atoms. The van der Waals surface area contributed by atoms with Crippen LogP contribution < -0.4 is 0 Å². The van der Waals surface area contributed by atoms with Crippen molar-refractivity contribution in [2.75, 3.05) is 20.2 Å². The Morgan fingerprint density at radius 2 is 2.40 bits per heavy atom. The molecule has 1 aliphatic heterocycles. The second kappa shape index (κ2) is 6.51. The molecule has 2 rings (SSSR count). The van der Waals surface area contributed by atoms with Gasteiger partial charge < -0.3 is 19.3 Å². The van der Waals surface area contributed by atoms with E-state index in [-0.39, 0.29) is 30.5 Å². The number of amides is 1. The van der Waals surface area contributed by atoms with Gasteiger partial charge in [-0.15, -0.1) is 0 Å². The Bertz CT molecular complexity index is 485. The number of hydrogen-bond donors (Lipinski definition) is 1. The number of rotatable bonds is 6. The first kappa shape index (κ1) is 14.5. The molecule has 20 heavy (non-hydrogen) atoms. The van der Waals surface area contributed by atoms with Crippen LogP contribution in [0.4, 0.5) is 0 Å². The van der Waals surface area contributed by atoms with Crippen LogP contribution in [-0.4, -0.2) is 47.2 Å². The fraction of sp³-hybridized carbons (Fsp3) is 0.615. The van der Waals surface area contributed by atoms with E-state index in [0.29, 0.717) is 25.3 Å². The Labute approximate surface area is 116 Å². The van der Waals surface area contributed by atoms with Gasteiger partial charge in [0, 0.05) is 32.7 Å². The molecule has 0 radical (unpaired) electrons. The molecule has 1 aromatic rings. The van der Waals surface area contributed by atoms with Crippen molar-refractivity contribution in [3.8, 4) is 0 Å². The van der Waals surface area contributed by atoms with Crippen molar-refractivity contribution < 1.29 is 24.0 Å². The van der Waals surface area contributed by atoms with E-state index < -0.39 is 5.97 Å². The monoisotopic (exact) mass is 282 g/mol. The fourth-order valence-corrected chi connectivity index (χ4v) is 2.37. The highest BCUT2D eigenvalue weighted by molar-refractivity contribution is 5.92. The van der Waals surface area contributed by atoms with Gasteiger partial charge in [-0.1, -0.05) is 5.16 Å². The Kier molecular flexibility index (Phi) is 4.73. The molecule has 7 heteroatoms. The third kappa shape index (κ3) is 3.57. The lowest BCUT2D eigenvalue weighted by atomic mass is 10.0. The summed E-state index contributed by atoms with van der Waals surface area (Å²) in [5.74, 6) is -0.206. The molecule has 1 aliphatic rings. The standard InChI is InChI=1S/C13H18N2O5/c1-19-8-10-6-11(14-20-10)13(18)15-5-4-9(7-15)2-3-12(16)17/h6,9H,2-5,7-8H2,1H3,(H,16,17). The molecule has 1 aromatic heterocycles. The largest absolute Gasteiger partial charge is 0.481 e. The van der Waals surface area contributed by atoms with Crippen LogP contribution in [0.1, 0.15) is 35.5 Å². The number of carboxylic acids is 1. The molecule has 0 aromatic carbocycles. The third-order valence-corrected chi connectivity index (χ3v) is 3.40. The van der Waals surface area contributed by atoms with Crippen LogP contribution in [0, 0.1) is 5.92 Å². The SMILES string of the molecule is COCc1cc(C(=O)N2CCC(CCC(=O)O)C2)no1. The number of aromatic nitrogens is 1. The highest BCUT2D eigenvalue weighted by Crippen LogP contribution is 2.22. The van der Waals surface area contributed by atoms with E-state index in [1.165, 1.54) is 7.11 Å². The summed E-state index contributed by atoms with van der Waals surface area (Å²) in [6.45, 7) is 1.50. The molecule has 110 valence electrons. The summed E-state index contributed by atoms with van der Waals surface area (Å²) >= 11 is 0. The lowest BCUT2D eigenvalue weighted by Gasteiger charge is -2.14. The zero-order valence-electron chi connectivity index (χ0n) is 11.4. The summed E-state index contributed by atoms with van der Waals surface area (Å²) in [7, 11) is 1.54. The Morgan fingerprint density at radius 1 is 1.60 bits per heavy atom. The molecule has 0 aliphatic carbocycles. The molecule has 1 N–H and O–H groups in total. The molecule has 1 saturated heterocycles. The zero-order chi connectivity index (χ0) is 14.5. The molecule has 0 bridgehead atoms. The van der Waals surface area contributed by atoms with Crippen LogP contribution in [0.5, 0.6) is 0 Å². The zero-order valence-corrected chi connectivity index (χ0v) is 11.4. The lowest BCUT2D eigenvalue weighted by Crippen LogP contribution is -2.29. The van der Waals surface area contributed by atoms with Gasteiger partial charge in [0.15, 0.2) is 11.5 Å². The maximum Gasteiger partial charge on any atom is 0.303 e. The number of carboxylic acid groups (broad SMARTS) is 1. The van der Waals surface area contributed by atoms with Crippen molar-refractivity contribution in [1.82, 2.24) is 10.1 Å². The topological polar surface area (TPSA) is 92.9 Å². The summed E-state index contributed by atoms with van der Waals surface area (Å²) < 4.78 is 9.89. The molecular formula is C13H18N2O5. The predicted octanol–water partition coefficient (Wildman–Crippen LogP) is 1.15. The number of aliphatic carboxylic acids is 1. The molecule has 1 atom stereocenters. The van der Waals surface area contributed by atoms with E-state index in [2.05, 4.69) is 5.16 Å². The van der Waals surface area contributed by atoms with E-state index >= 15 is 0 Å². The van der Waals surface area contributed by atoms with Gasteiger partial charge in [0.2, 0.25) is 0 Å². The highest BCUT2D eigenvalue weighted by Gasteiger charge is 2.28. The van der Waals surface area contributed by atoms with E-state index in [0.717, 1.165) is 6.42 Å². The minimum absolute atomic E-state index is 0.147. The molecule has 1 unspecified atom stereocenters. The first-order valence-electron chi connectivity index (χ1n) is 6.55. The van der Waals surface area contributed by atoms with Crippen LogP contribution in [0.15, 0.2) is 10.6 Å². The lowest BCUT2D eigenvalue weighted by molar-refractivity contribution is -0.137. The number of ether oxygens (including phenoxy) is 1. The Balaban J connectivity index is 1.88. The van der Waals surface area contributed by atoms with Crippen molar-refractivity contribution in [1.29, 1.82) is 0 Å². The summed E-state index contributed by atoms with van der Waals surface area (Å²) in [5, 5.41) is 12.4. The Hall–Kier alpha value is -1.89. The van der Waals surface area contributed by atoms with Crippen LogP contribution in [-0.2, 0) is 16.1 Å². The summed E-state index contributed by atoms with van der Waals surface area (Å²) in [6.07, 6.45) is 1.59. The summed E-state index contributed by atoms with van der Waals surface area (Å²) in [4.78, 5) is 24.4. The van der Waals surface area contributed by atoms with E-state index in [1.807, 2.05) is 0 Å². The predicted molar refractivity (Wildman–Crippen MR) is 68.1 cm³/mol. The quantitative estimate of drug-likeness (QED) is 0.841. The van der Waals surface area contributed by atoms with Gasteiger partial charge >= 0.3 is 5.97 Å². The summed E-state index contributed by atoms with van der Waals surface area (Å²) in [5.41, 5.74) is 0.274. The van der Waals surface area contributed by atoms with Gasteiger partial charge in [-0.05, 0) is 18.8 Å². The van der Waals surface area contributed by atoms with E-state index in [9.17, 15) is 9.59 Å². The van der Waals surface area contributed by atoms with Crippen LogP contribution in [0.25, 0.3) is 0 Å². The second-order valence-electron chi connectivity index (χ2n) is 4.95. The maximum absolute atomic E-state index is 12.2. The van der Waals surface area contributed by atoms with Gasteiger partial charge in [0.05, 0.1) is 0 Å². The van der Waals surface area contributed by atoms with Crippen molar-refractivity contribution in [2.45, 2.75) is 25.9 Å². The molecule has 1 amide bonds. The molecular weight excluding hydrogens is 264 g/mol. The van der Waals surface area contributed by atoms with Crippen LogP contribution in [0.3, 0.4) is 0 Å². The van der Waals surface area contributed by atoms with E-state index in [4.69, 9.17) is 14.4 Å². The van der Waals surface area contributed by atoms with Gasteiger partial charge in [-0.2, -0.15) is 0 Å². The first-order valence-corrected chi connectivity index (χ1v) is 6.55. The fourth-order valence-electron chi connectivity index (χ4n) is 2.37. The molecule has 0 saturated carbocycles. The average molecular weight is 282 g/mol. The Morgan fingerprint density at radius 3 is 3.10 bits per heavy atom. The number of carbonyl (C=O) groups excluding carboxylic acids is 1. The van der Waals surface area contributed by atoms with Gasteiger partial charge in [0.25, 0.3) is 5.91 Å². The average Bonchev–Trinajstić information content (AvgIpc) is 3.05. The van der Waals surface area contributed by atoms with Gasteiger partial charge in [0.1, 0.15) is 6.61 Å². The minimum atomic E-state index is -0.796. The summed E-state index contributed by atoms with van der Waals surface area (Å²) in [6, 6.07) is 1.58. The molecule has 2 heterocycles. The van der Waals surface area contributed by atoms with E-state index in [1.54, 1.807) is 11.0 Å². The third-order valence-electron chi connectivity index (χ3n) is 3.40. The van der Waals surface area contributed by atoms with Gasteiger partial charge in [-0.3, -0.25) is 9.59 Å². The number of methoxy groups -OCH3 is 1. The van der Waals surface area contributed by atoms with Crippen molar-refractivity contribution >= 4 is 11.9 Å². The number of carbonyl (C=O) groups is 2. The molecule has 7 nitrogen and oxygen atoms in total. The van der Waals surface area contributed by atoms with Crippen molar-refractivity contribution in [3.05, 3.63) is 17.5 Å². The highest BCUT2D eigenvalue weighted by atomic mass is 16.5. The van der Waals surface area contributed by atoms with Crippen LogP contribution >= 0.6 is 0 Å². The maximum atomic E-state index is 12.2. The van der Waals surface area contributed by atoms with Crippen LogP contribution in [0.2, 0.25) is 0 Å². The minimum Gasteiger partial charge on any atom is -0.481 e. The second-order valence-corrected chi connectivity index (χ2v) is 4.95. The number of nitrogens with zero attached hydrogens (tertiary/aromatic N) is 2. The number of hydrogen-bond acceptors (Lipinski definition) is 5. The normalized spacial score (nSPS) is 18.4.